The fourth-order valence-electron chi connectivity index (χ4n) is 2.94. The van der Waals surface area contributed by atoms with Crippen LogP contribution in [0.15, 0.2) is 18.2 Å². The van der Waals surface area contributed by atoms with Gasteiger partial charge in [0.2, 0.25) is 5.91 Å². The summed E-state index contributed by atoms with van der Waals surface area (Å²) in [7, 11) is 3.14. The zero-order chi connectivity index (χ0) is 19.8. The lowest BCUT2D eigenvalue weighted by Gasteiger charge is -2.33. The average Bonchev–Trinajstić information content (AvgIpc) is 2.68. The van der Waals surface area contributed by atoms with Gasteiger partial charge in [-0.2, -0.15) is 0 Å². The highest BCUT2D eigenvalue weighted by Gasteiger charge is 2.26. The van der Waals surface area contributed by atoms with Crippen LogP contribution in [0.3, 0.4) is 0 Å². The van der Waals surface area contributed by atoms with Crippen molar-refractivity contribution in [3.8, 4) is 11.5 Å². The molecule has 1 heterocycles. The molecule has 0 saturated carbocycles. The van der Waals surface area contributed by atoms with Crippen LogP contribution in [0, 0.1) is 0 Å². The van der Waals surface area contributed by atoms with Gasteiger partial charge in [0.05, 0.1) is 25.3 Å². The lowest BCUT2D eigenvalue weighted by Crippen LogP contribution is -2.47. The van der Waals surface area contributed by atoms with Crippen LogP contribution in [0.4, 0.5) is 0 Å². The molecule has 1 aromatic carbocycles. The molecule has 3 N–H and O–H groups in total. The third kappa shape index (κ3) is 5.83. The molecule has 2 rings (SSSR count). The lowest BCUT2D eigenvalue weighted by molar-refractivity contribution is -0.133. The van der Waals surface area contributed by atoms with Crippen molar-refractivity contribution < 1.29 is 23.8 Å². The number of carbonyl (C=O) groups excluding carboxylic acids is 2. The van der Waals surface area contributed by atoms with E-state index in [4.69, 9.17) is 19.9 Å². The molecule has 1 saturated heterocycles. The molecule has 1 aliphatic rings. The molecule has 0 aliphatic carbocycles. The molecule has 1 atom stereocenters. The Kier molecular flexibility index (Phi) is 7.87. The van der Waals surface area contributed by atoms with E-state index in [1.165, 1.54) is 0 Å². The minimum Gasteiger partial charge on any atom is -0.497 e. The molecule has 27 heavy (non-hydrogen) atoms. The number of nitrogens with two attached hydrogens (primary N) is 1. The highest BCUT2D eigenvalue weighted by Crippen LogP contribution is 2.28. The Morgan fingerprint density at radius 2 is 2.00 bits per heavy atom. The van der Waals surface area contributed by atoms with Gasteiger partial charge < -0.3 is 30.2 Å². The van der Waals surface area contributed by atoms with Crippen LogP contribution in [0.25, 0.3) is 0 Å². The number of likely N-dealkylation sites (tertiary alicyclic amines) is 1. The van der Waals surface area contributed by atoms with Gasteiger partial charge >= 0.3 is 0 Å². The minimum absolute atomic E-state index is 0.0481. The second-order valence-electron chi connectivity index (χ2n) is 6.54. The summed E-state index contributed by atoms with van der Waals surface area (Å²) in [5.74, 6) is 0.812. The minimum atomic E-state index is -0.497. The molecule has 0 radical (unpaired) electrons. The maximum absolute atomic E-state index is 12.4. The van der Waals surface area contributed by atoms with Crippen LogP contribution in [0.2, 0.25) is 0 Å². The van der Waals surface area contributed by atoms with Crippen molar-refractivity contribution in [2.45, 2.75) is 31.9 Å². The molecule has 1 aromatic rings. The van der Waals surface area contributed by atoms with Gasteiger partial charge in [-0.1, -0.05) is 0 Å². The molecule has 0 unspecified atom stereocenters. The zero-order valence-electron chi connectivity index (χ0n) is 16.2. The van der Waals surface area contributed by atoms with Crippen LogP contribution < -0.4 is 20.5 Å². The second-order valence-corrected chi connectivity index (χ2v) is 6.54. The normalized spacial score (nSPS) is 15.9. The Morgan fingerprint density at radius 1 is 1.30 bits per heavy atom. The number of carbonyl (C=O) groups is 2. The number of ether oxygens (including phenoxy) is 3. The van der Waals surface area contributed by atoms with Crippen LogP contribution in [0.1, 0.15) is 30.1 Å². The van der Waals surface area contributed by atoms with E-state index in [2.05, 4.69) is 5.32 Å². The standard InChI is InChI=1S/C19H29N3O5/c1-13(20)19(24)22-9-6-14(7-10-22)27-17-12-15(26-3)4-5-16(17)18(23)21-8-11-25-2/h4-5,12-14H,6-11,20H2,1-3H3,(H,21,23)/t13-/m0/s1. The van der Waals surface area contributed by atoms with Crippen LogP contribution in [-0.4, -0.2) is 69.3 Å². The molecule has 8 nitrogen and oxygen atoms in total. The van der Waals surface area contributed by atoms with Gasteiger partial charge in [-0.3, -0.25) is 9.59 Å². The van der Waals surface area contributed by atoms with Crippen molar-refractivity contribution in [1.29, 1.82) is 0 Å². The van der Waals surface area contributed by atoms with E-state index in [1.54, 1.807) is 44.2 Å². The summed E-state index contributed by atoms with van der Waals surface area (Å²) < 4.78 is 16.3. The number of hydrogen-bond acceptors (Lipinski definition) is 6. The molecule has 0 aromatic heterocycles. The van der Waals surface area contributed by atoms with E-state index in [1.807, 2.05) is 0 Å². The van der Waals surface area contributed by atoms with E-state index in [-0.39, 0.29) is 17.9 Å². The van der Waals surface area contributed by atoms with Gasteiger partial charge in [-0.15, -0.1) is 0 Å². The number of hydrogen-bond donors (Lipinski definition) is 2. The largest absolute Gasteiger partial charge is 0.497 e. The number of rotatable bonds is 8. The van der Waals surface area contributed by atoms with Crippen LogP contribution >= 0.6 is 0 Å². The molecular weight excluding hydrogens is 350 g/mol. The zero-order valence-corrected chi connectivity index (χ0v) is 16.2. The Hall–Kier alpha value is -2.32. The molecule has 1 aliphatic heterocycles. The van der Waals surface area contributed by atoms with Crippen molar-refractivity contribution in [2.24, 2.45) is 5.73 Å². The van der Waals surface area contributed by atoms with Crippen molar-refractivity contribution >= 4 is 11.8 Å². The quantitative estimate of drug-likeness (QED) is 0.648. The number of methoxy groups -OCH3 is 2. The molecule has 0 spiro atoms. The van der Waals surface area contributed by atoms with E-state index < -0.39 is 6.04 Å². The van der Waals surface area contributed by atoms with Crippen molar-refractivity contribution in [1.82, 2.24) is 10.2 Å². The number of benzene rings is 1. The van der Waals surface area contributed by atoms with Gasteiger partial charge in [0.15, 0.2) is 0 Å². The monoisotopic (exact) mass is 379 g/mol. The highest BCUT2D eigenvalue weighted by atomic mass is 16.5. The van der Waals surface area contributed by atoms with Gasteiger partial charge in [-0.05, 0) is 19.1 Å². The van der Waals surface area contributed by atoms with Crippen LogP contribution in [-0.2, 0) is 9.53 Å². The number of nitrogens with zero attached hydrogens (tertiary/aromatic N) is 1. The molecule has 1 fully saturated rings. The van der Waals surface area contributed by atoms with Gasteiger partial charge in [0.25, 0.3) is 5.91 Å². The van der Waals surface area contributed by atoms with Crippen molar-refractivity contribution in [2.75, 3.05) is 40.5 Å². The Morgan fingerprint density at radius 3 is 2.59 bits per heavy atom. The van der Waals surface area contributed by atoms with Crippen molar-refractivity contribution in [3.05, 3.63) is 23.8 Å². The smallest absolute Gasteiger partial charge is 0.255 e. The number of nitrogens with one attached hydrogen (secondary N) is 1. The summed E-state index contributed by atoms with van der Waals surface area (Å²) in [4.78, 5) is 26.2. The summed E-state index contributed by atoms with van der Waals surface area (Å²) in [6, 6.07) is 4.63. The first-order valence-corrected chi connectivity index (χ1v) is 9.12. The second kappa shape index (κ2) is 10.1. The fourth-order valence-corrected chi connectivity index (χ4v) is 2.94. The maximum atomic E-state index is 12.4. The SMILES string of the molecule is COCCNC(=O)c1ccc(OC)cc1OC1CCN(C(=O)[C@H](C)N)CC1. The summed E-state index contributed by atoms with van der Waals surface area (Å²) in [5.41, 5.74) is 6.12. The predicted molar refractivity (Wildman–Crippen MR) is 101 cm³/mol. The number of piperidine rings is 1. The number of amides is 2. The maximum Gasteiger partial charge on any atom is 0.255 e. The van der Waals surface area contributed by atoms with Gasteiger partial charge in [0.1, 0.15) is 17.6 Å². The average molecular weight is 379 g/mol. The predicted octanol–water partition coefficient (Wildman–Crippen LogP) is 0.788. The lowest BCUT2D eigenvalue weighted by atomic mass is 10.1. The highest BCUT2D eigenvalue weighted by molar-refractivity contribution is 5.97. The summed E-state index contributed by atoms with van der Waals surface area (Å²) in [6.45, 7) is 3.72. The van der Waals surface area contributed by atoms with E-state index in [9.17, 15) is 9.59 Å². The van der Waals surface area contributed by atoms with Gasteiger partial charge in [-0.25, -0.2) is 0 Å². The van der Waals surface area contributed by atoms with Crippen molar-refractivity contribution in [3.63, 3.8) is 0 Å². The van der Waals surface area contributed by atoms with Gasteiger partial charge in [0, 0.05) is 45.7 Å². The van der Waals surface area contributed by atoms with E-state index in [0.717, 1.165) is 0 Å². The Balaban J connectivity index is 2.04. The first kappa shape index (κ1) is 21.0. The summed E-state index contributed by atoms with van der Waals surface area (Å²) >= 11 is 0. The molecule has 150 valence electrons. The summed E-state index contributed by atoms with van der Waals surface area (Å²) in [6.07, 6.45) is 1.28. The molecule has 2 amide bonds. The van der Waals surface area contributed by atoms with Crippen LogP contribution in [0.5, 0.6) is 11.5 Å². The first-order chi connectivity index (χ1) is 13.0. The fraction of sp³-hybridized carbons (Fsp3) is 0.579. The third-order valence-corrected chi connectivity index (χ3v) is 4.46. The topological polar surface area (TPSA) is 103 Å². The Bertz CT molecular complexity index is 642. The molecular formula is C19H29N3O5. The molecule has 0 bridgehead atoms. The first-order valence-electron chi connectivity index (χ1n) is 9.12. The summed E-state index contributed by atoms with van der Waals surface area (Å²) in [5, 5.41) is 2.80. The Labute approximate surface area is 159 Å². The van der Waals surface area contributed by atoms with E-state index in [0.29, 0.717) is 56.1 Å². The van der Waals surface area contributed by atoms with E-state index >= 15 is 0 Å². The molecule has 8 heteroatoms. The third-order valence-electron chi connectivity index (χ3n) is 4.46.